The zero-order valence-corrected chi connectivity index (χ0v) is 9.24. The smallest absolute Gasteiger partial charge is 0.170 e. The Morgan fingerprint density at radius 3 is 2.41 bits per heavy atom. The van der Waals surface area contributed by atoms with Gasteiger partial charge in [-0.3, -0.25) is 5.84 Å². The molecule has 1 aromatic carbocycles. The van der Waals surface area contributed by atoms with Crippen LogP contribution in [0.4, 0.5) is 18.9 Å². The molecule has 90 valence electrons. The van der Waals surface area contributed by atoms with Crippen molar-refractivity contribution in [2.45, 2.75) is 13.8 Å². The first-order valence-electron chi connectivity index (χ1n) is 4.88. The van der Waals surface area contributed by atoms with E-state index in [1.54, 1.807) is 13.8 Å². The van der Waals surface area contributed by atoms with Crippen LogP contribution in [0.3, 0.4) is 0 Å². The van der Waals surface area contributed by atoms with Gasteiger partial charge in [-0.1, -0.05) is 0 Å². The van der Waals surface area contributed by atoms with Gasteiger partial charge in [-0.25, -0.2) is 18.2 Å². The van der Waals surface area contributed by atoms with E-state index >= 15 is 0 Å². The highest BCUT2D eigenvalue weighted by Crippen LogP contribution is 2.31. The van der Waals surface area contributed by atoms with Crippen molar-refractivity contribution in [2.24, 2.45) is 5.84 Å². The van der Waals surface area contributed by atoms with Crippen LogP contribution in [0.25, 0.3) is 10.9 Å². The van der Waals surface area contributed by atoms with Crippen molar-refractivity contribution in [3.05, 3.63) is 34.8 Å². The van der Waals surface area contributed by atoms with E-state index in [4.69, 9.17) is 5.84 Å². The number of anilines is 1. The number of nitrogens with zero attached hydrogens (tertiary/aromatic N) is 1. The van der Waals surface area contributed by atoms with Gasteiger partial charge in [-0.15, -0.1) is 0 Å². The molecule has 0 aliphatic rings. The second kappa shape index (κ2) is 3.89. The van der Waals surface area contributed by atoms with E-state index in [1.807, 2.05) is 0 Å². The van der Waals surface area contributed by atoms with Crippen LogP contribution in [0.1, 0.15) is 11.3 Å². The third-order valence-electron chi connectivity index (χ3n) is 2.74. The Bertz CT molecular complexity index is 611. The van der Waals surface area contributed by atoms with Gasteiger partial charge in [0.25, 0.3) is 0 Å². The Labute approximate surface area is 95.4 Å². The molecular formula is C11H10F3N3. The number of aromatic nitrogens is 1. The molecule has 17 heavy (non-hydrogen) atoms. The van der Waals surface area contributed by atoms with E-state index in [-0.39, 0.29) is 16.6 Å². The highest BCUT2D eigenvalue weighted by atomic mass is 19.2. The fraction of sp³-hybridized carbons (Fsp3) is 0.182. The number of nitrogens with two attached hydrogens (primary N) is 1. The highest BCUT2D eigenvalue weighted by Gasteiger charge is 2.19. The van der Waals surface area contributed by atoms with Crippen molar-refractivity contribution >= 4 is 16.6 Å². The molecule has 2 rings (SSSR count). The Kier molecular flexibility index (Phi) is 2.66. The number of hydrogen-bond acceptors (Lipinski definition) is 3. The summed E-state index contributed by atoms with van der Waals surface area (Å²) in [6.45, 7) is 3.27. The minimum Gasteiger partial charge on any atom is -0.323 e. The first-order valence-corrected chi connectivity index (χ1v) is 4.88. The van der Waals surface area contributed by atoms with Crippen LogP contribution in [-0.2, 0) is 0 Å². The summed E-state index contributed by atoms with van der Waals surface area (Å²) < 4.78 is 40.3. The molecular weight excluding hydrogens is 231 g/mol. The summed E-state index contributed by atoms with van der Waals surface area (Å²) in [7, 11) is 0. The second-order valence-electron chi connectivity index (χ2n) is 3.72. The van der Waals surface area contributed by atoms with E-state index in [2.05, 4.69) is 10.4 Å². The zero-order chi connectivity index (χ0) is 12.7. The summed E-state index contributed by atoms with van der Waals surface area (Å²) in [5, 5.41) is -0.270. The monoisotopic (exact) mass is 241 g/mol. The molecule has 0 fully saturated rings. The highest BCUT2D eigenvalue weighted by molar-refractivity contribution is 5.94. The molecule has 0 spiro atoms. The van der Waals surface area contributed by atoms with Gasteiger partial charge in [-0.2, -0.15) is 0 Å². The first kappa shape index (κ1) is 11.7. The number of nitrogens with one attached hydrogen (secondary N) is 1. The van der Waals surface area contributed by atoms with Gasteiger partial charge in [0.2, 0.25) is 0 Å². The maximum absolute atomic E-state index is 13.7. The molecule has 0 unspecified atom stereocenters. The van der Waals surface area contributed by atoms with E-state index in [9.17, 15) is 13.2 Å². The van der Waals surface area contributed by atoms with Crippen molar-refractivity contribution in [3.63, 3.8) is 0 Å². The number of rotatable bonds is 1. The number of hydrogen-bond donors (Lipinski definition) is 2. The van der Waals surface area contributed by atoms with Gasteiger partial charge in [0, 0.05) is 11.8 Å². The molecule has 0 saturated carbocycles. The largest absolute Gasteiger partial charge is 0.323 e. The van der Waals surface area contributed by atoms with Gasteiger partial charge >= 0.3 is 0 Å². The summed E-state index contributed by atoms with van der Waals surface area (Å²) in [5.74, 6) is 1.92. The Balaban J connectivity index is 3.06. The fourth-order valence-corrected chi connectivity index (χ4v) is 1.72. The minimum absolute atomic E-state index is 0.142. The summed E-state index contributed by atoms with van der Waals surface area (Å²) in [6.07, 6.45) is 0. The lowest BCUT2D eigenvalue weighted by Gasteiger charge is -2.13. The van der Waals surface area contributed by atoms with Crippen molar-refractivity contribution < 1.29 is 13.2 Å². The second-order valence-corrected chi connectivity index (χ2v) is 3.72. The number of fused-ring (bicyclic) bond motifs is 1. The van der Waals surface area contributed by atoms with Gasteiger partial charge < -0.3 is 5.43 Å². The molecule has 0 saturated heterocycles. The van der Waals surface area contributed by atoms with Crippen LogP contribution < -0.4 is 11.3 Å². The predicted octanol–water partition coefficient (Wildman–Crippen LogP) is 2.55. The molecule has 0 aliphatic carbocycles. The first-order chi connectivity index (χ1) is 7.97. The molecule has 0 amide bonds. The lowest BCUT2D eigenvalue weighted by Crippen LogP contribution is -2.12. The average molecular weight is 241 g/mol. The molecule has 0 radical (unpaired) electrons. The number of nitrogen functional groups attached to an aromatic ring is 1. The van der Waals surface area contributed by atoms with E-state index in [0.29, 0.717) is 17.3 Å². The maximum Gasteiger partial charge on any atom is 0.170 e. The van der Waals surface area contributed by atoms with Crippen LogP contribution in [0.15, 0.2) is 6.07 Å². The van der Waals surface area contributed by atoms with Gasteiger partial charge in [-0.05, 0) is 19.4 Å². The van der Waals surface area contributed by atoms with Gasteiger partial charge in [0.1, 0.15) is 5.52 Å². The van der Waals surface area contributed by atoms with Gasteiger partial charge in [0.15, 0.2) is 17.5 Å². The molecule has 6 heteroatoms. The standard InChI is InChI=1S/C11H10F3N3/c1-4-5(2)16-11-7(13)3-6(12)9(14)8(11)10(4)17-15/h3H,15H2,1-2H3,(H,16,17). The molecule has 0 atom stereocenters. The van der Waals surface area contributed by atoms with Crippen LogP contribution >= 0.6 is 0 Å². The zero-order valence-electron chi connectivity index (χ0n) is 9.24. The normalized spacial score (nSPS) is 10.9. The maximum atomic E-state index is 13.7. The van der Waals surface area contributed by atoms with Crippen LogP contribution in [-0.4, -0.2) is 4.98 Å². The summed E-state index contributed by atoms with van der Waals surface area (Å²) in [4.78, 5) is 3.91. The third-order valence-corrected chi connectivity index (χ3v) is 2.74. The molecule has 0 aliphatic heterocycles. The minimum atomic E-state index is -1.27. The molecule has 3 nitrogen and oxygen atoms in total. The van der Waals surface area contributed by atoms with Crippen molar-refractivity contribution in [2.75, 3.05) is 5.43 Å². The van der Waals surface area contributed by atoms with E-state index in [0.717, 1.165) is 0 Å². The van der Waals surface area contributed by atoms with Crippen molar-refractivity contribution in [3.8, 4) is 0 Å². The quantitative estimate of drug-likeness (QED) is 0.458. The van der Waals surface area contributed by atoms with Crippen LogP contribution in [0.5, 0.6) is 0 Å². The summed E-state index contributed by atoms with van der Waals surface area (Å²) in [6, 6.07) is 0.472. The SMILES string of the molecule is Cc1nc2c(F)cc(F)c(F)c2c(NN)c1C. The lowest BCUT2D eigenvalue weighted by atomic mass is 10.1. The third kappa shape index (κ3) is 1.61. The van der Waals surface area contributed by atoms with Gasteiger partial charge in [0.05, 0.1) is 11.1 Å². The van der Waals surface area contributed by atoms with Crippen molar-refractivity contribution in [1.29, 1.82) is 0 Å². The molecule has 1 aromatic heterocycles. The molecule has 2 aromatic rings. The molecule has 3 N–H and O–H groups in total. The number of aryl methyl sites for hydroxylation is 1. The average Bonchev–Trinajstić information content (AvgIpc) is 2.28. The molecule has 0 bridgehead atoms. The number of hydrazine groups is 1. The fourth-order valence-electron chi connectivity index (χ4n) is 1.72. The molecule has 1 heterocycles. The Morgan fingerprint density at radius 2 is 1.82 bits per heavy atom. The number of benzene rings is 1. The van der Waals surface area contributed by atoms with E-state index in [1.165, 1.54) is 0 Å². The Morgan fingerprint density at radius 1 is 1.18 bits per heavy atom. The van der Waals surface area contributed by atoms with Crippen molar-refractivity contribution in [1.82, 2.24) is 4.98 Å². The van der Waals surface area contributed by atoms with Crippen LogP contribution in [0.2, 0.25) is 0 Å². The lowest BCUT2D eigenvalue weighted by molar-refractivity contribution is 0.505. The summed E-state index contributed by atoms with van der Waals surface area (Å²) in [5.41, 5.74) is 3.21. The predicted molar refractivity (Wildman–Crippen MR) is 58.9 cm³/mol. The topological polar surface area (TPSA) is 50.9 Å². The van der Waals surface area contributed by atoms with E-state index < -0.39 is 17.5 Å². The summed E-state index contributed by atoms with van der Waals surface area (Å²) >= 11 is 0. The van der Waals surface area contributed by atoms with Crippen LogP contribution in [0, 0.1) is 31.3 Å². The Hall–Kier alpha value is -1.82. The number of pyridine rings is 1. The number of halogens is 3.